The number of aliphatic hydroxyl groups is 1. The summed E-state index contributed by atoms with van der Waals surface area (Å²) in [6, 6.07) is 0. The molecule has 16 heavy (non-hydrogen) atoms. The maximum Gasteiger partial charge on any atom is 0.273 e. The molecule has 0 radical (unpaired) electrons. The van der Waals surface area contributed by atoms with Crippen LogP contribution in [0.3, 0.4) is 0 Å². The van der Waals surface area contributed by atoms with E-state index in [1.807, 2.05) is 6.92 Å². The Labute approximate surface area is 94.8 Å². The predicted octanol–water partition coefficient (Wildman–Crippen LogP) is 1.05. The monoisotopic (exact) mass is 226 g/mol. The normalized spacial score (nSPS) is 11.6. The molecule has 1 aromatic heterocycles. The average Bonchev–Trinajstić information content (AvgIpc) is 2.55. The lowest BCUT2D eigenvalue weighted by atomic mass is 10.1. The average molecular weight is 226 g/mol. The molecular formula is C11H18N2O3. The third kappa shape index (κ3) is 3.06. The van der Waals surface area contributed by atoms with Gasteiger partial charge in [-0.3, -0.25) is 4.79 Å². The Hall–Kier alpha value is -1.36. The summed E-state index contributed by atoms with van der Waals surface area (Å²) >= 11 is 0. The lowest BCUT2D eigenvalue weighted by Gasteiger charge is -2.16. The van der Waals surface area contributed by atoms with Gasteiger partial charge in [0.2, 0.25) is 0 Å². The molecule has 5 heteroatoms. The maximum atomic E-state index is 11.7. The van der Waals surface area contributed by atoms with Crippen LogP contribution >= 0.6 is 0 Å². The molecule has 0 aromatic carbocycles. The van der Waals surface area contributed by atoms with Crippen LogP contribution in [0.15, 0.2) is 4.52 Å². The fraction of sp³-hybridized carbons (Fsp3) is 0.636. The van der Waals surface area contributed by atoms with E-state index in [0.717, 1.165) is 5.56 Å². The van der Waals surface area contributed by atoms with E-state index in [1.54, 1.807) is 20.8 Å². The molecule has 0 bridgehead atoms. The van der Waals surface area contributed by atoms with E-state index in [4.69, 9.17) is 4.52 Å². The summed E-state index contributed by atoms with van der Waals surface area (Å²) in [5, 5.41) is 15.8. The quantitative estimate of drug-likeness (QED) is 0.804. The number of hydrogen-bond donors (Lipinski definition) is 2. The van der Waals surface area contributed by atoms with Gasteiger partial charge in [0, 0.05) is 18.5 Å². The van der Waals surface area contributed by atoms with E-state index in [-0.39, 0.29) is 12.5 Å². The van der Waals surface area contributed by atoms with Gasteiger partial charge in [-0.2, -0.15) is 0 Å². The zero-order valence-corrected chi connectivity index (χ0v) is 10.1. The number of aryl methyl sites for hydroxylation is 1. The number of aromatic nitrogens is 1. The second-order valence-corrected chi connectivity index (χ2v) is 4.43. The Morgan fingerprint density at radius 2 is 2.19 bits per heavy atom. The number of nitrogens with zero attached hydrogens (tertiary/aromatic N) is 1. The maximum absolute atomic E-state index is 11.7. The first-order valence-corrected chi connectivity index (χ1v) is 5.31. The van der Waals surface area contributed by atoms with Gasteiger partial charge in [-0.1, -0.05) is 12.1 Å². The molecule has 1 aromatic rings. The van der Waals surface area contributed by atoms with Crippen LogP contribution in [-0.2, 0) is 6.42 Å². The van der Waals surface area contributed by atoms with Crippen molar-refractivity contribution in [3.8, 4) is 0 Å². The fourth-order valence-electron chi connectivity index (χ4n) is 1.29. The van der Waals surface area contributed by atoms with Gasteiger partial charge >= 0.3 is 0 Å². The van der Waals surface area contributed by atoms with Gasteiger partial charge in [0.25, 0.3) is 5.91 Å². The molecule has 1 amide bonds. The first-order valence-electron chi connectivity index (χ1n) is 5.31. The molecule has 90 valence electrons. The third-order valence-corrected chi connectivity index (χ3v) is 2.24. The number of nitrogens with one attached hydrogen (secondary N) is 1. The second-order valence-electron chi connectivity index (χ2n) is 4.43. The summed E-state index contributed by atoms with van der Waals surface area (Å²) in [5.41, 5.74) is 0.123. The van der Waals surface area contributed by atoms with E-state index < -0.39 is 5.60 Å². The molecule has 0 saturated heterocycles. The molecule has 0 aliphatic heterocycles. The topological polar surface area (TPSA) is 75.4 Å². The van der Waals surface area contributed by atoms with Crippen LogP contribution in [0.1, 0.15) is 42.6 Å². The summed E-state index contributed by atoms with van der Waals surface area (Å²) in [5.74, 6) is 0.400. The van der Waals surface area contributed by atoms with Crippen LogP contribution in [0, 0.1) is 6.92 Å². The Balaban J connectivity index is 2.70. The standard InChI is InChI=1S/C11H18N2O3/c1-5-8-7(2)9(13-16-8)10(14)12-6-11(3,4)15/h15H,5-6H2,1-4H3,(H,12,14). The SMILES string of the molecule is CCc1onc(C(=O)NCC(C)(C)O)c1C. The highest BCUT2D eigenvalue weighted by atomic mass is 16.5. The number of amides is 1. The van der Waals surface area contributed by atoms with Gasteiger partial charge < -0.3 is 14.9 Å². The van der Waals surface area contributed by atoms with Gasteiger partial charge in [0.05, 0.1) is 5.60 Å². The van der Waals surface area contributed by atoms with E-state index in [1.165, 1.54) is 0 Å². The Morgan fingerprint density at radius 3 is 2.62 bits per heavy atom. The van der Waals surface area contributed by atoms with E-state index in [0.29, 0.717) is 17.9 Å². The smallest absolute Gasteiger partial charge is 0.273 e. The summed E-state index contributed by atoms with van der Waals surface area (Å²) in [4.78, 5) is 11.7. The third-order valence-electron chi connectivity index (χ3n) is 2.24. The largest absolute Gasteiger partial charge is 0.389 e. The summed E-state index contributed by atoms with van der Waals surface area (Å²) in [6.45, 7) is 7.17. The van der Waals surface area contributed by atoms with E-state index in [9.17, 15) is 9.90 Å². The molecule has 0 unspecified atom stereocenters. The Bertz CT molecular complexity index is 377. The minimum absolute atomic E-state index is 0.180. The lowest BCUT2D eigenvalue weighted by Crippen LogP contribution is -2.38. The molecule has 0 fully saturated rings. The van der Waals surface area contributed by atoms with Crippen LogP contribution in [-0.4, -0.2) is 28.3 Å². The predicted molar refractivity (Wildman–Crippen MR) is 59.2 cm³/mol. The van der Waals surface area contributed by atoms with Crippen molar-refractivity contribution in [3.05, 3.63) is 17.0 Å². The molecule has 2 N–H and O–H groups in total. The molecule has 0 aliphatic carbocycles. The molecule has 0 aliphatic rings. The number of carbonyl (C=O) groups excluding carboxylic acids is 1. The first kappa shape index (κ1) is 12.7. The minimum Gasteiger partial charge on any atom is -0.389 e. The van der Waals surface area contributed by atoms with Crippen LogP contribution in [0.2, 0.25) is 0 Å². The van der Waals surface area contributed by atoms with Gasteiger partial charge in [-0.15, -0.1) is 0 Å². The van der Waals surface area contributed by atoms with Gasteiger partial charge in [-0.05, 0) is 20.8 Å². The highest BCUT2D eigenvalue weighted by molar-refractivity contribution is 5.93. The second kappa shape index (κ2) is 4.65. The summed E-state index contributed by atoms with van der Waals surface area (Å²) in [6.07, 6.45) is 0.706. The zero-order chi connectivity index (χ0) is 12.3. The van der Waals surface area contributed by atoms with Crippen molar-refractivity contribution < 1.29 is 14.4 Å². The highest BCUT2D eigenvalue weighted by Crippen LogP contribution is 2.13. The van der Waals surface area contributed by atoms with Crippen LogP contribution in [0.4, 0.5) is 0 Å². The lowest BCUT2D eigenvalue weighted by molar-refractivity contribution is 0.0689. The number of carbonyl (C=O) groups is 1. The molecular weight excluding hydrogens is 208 g/mol. The van der Waals surface area contributed by atoms with Crippen molar-refractivity contribution in [3.63, 3.8) is 0 Å². The van der Waals surface area contributed by atoms with Crippen molar-refractivity contribution in [2.24, 2.45) is 0 Å². The zero-order valence-electron chi connectivity index (χ0n) is 10.1. The van der Waals surface area contributed by atoms with Crippen molar-refractivity contribution in [2.75, 3.05) is 6.54 Å². The Morgan fingerprint density at radius 1 is 1.56 bits per heavy atom. The van der Waals surface area contributed by atoms with Crippen molar-refractivity contribution in [1.82, 2.24) is 10.5 Å². The minimum atomic E-state index is -0.930. The van der Waals surface area contributed by atoms with Crippen molar-refractivity contribution in [2.45, 2.75) is 39.7 Å². The molecule has 0 saturated carbocycles. The first-order chi connectivity index (χ1) is 7.35. The molecule has 0 atom stereocenters. The molecule has 1 rings (SSSR count). The fourth-order valence-corrected chi connectivity index (χ4v) is 1.29. The molecule has 5 nitrogen and oxygen atoms in total. The highest BCUT2D eigenvalue weighted by Gasteiger charge is 2.20. The molecule has 0 spiro atoms. The van der Waals surface area contributed by atoms with Crippen LogP contribution in [0.5, 0.6) is 0 Å². The van der Waals surface area contributed by atoms with Crippen molar-refractivity contribution >= 4 is 5.91 Å². The van der Waals surface area contributed by atoms with E-state index in [2.05, 4.69) is 10.5 Å². The molecule has 1 heterocycles. The van der Waals surface area contributed by atoms with Crippen molar-refractivity contribution in [1.29, 1.82) is 0 Å². The van der Waals surface area contributed by atoms with Crippen LogP contribution < -0.4 is 5.32 Å². The summed E-state index contributed by atoms with van der Waals surface area (Å²) in [7, 11) is 0. The van der Waals surface area contributed by atoms with E-state index >= 15 is 0 Å². The van der Waals surface area contributed by atoms with Gasteiger partial charge in [-0.25, -0.2) is 0 Å². The number of rotatable bonds is 4. The summed E-state index contributed by atoms with van der Waals surface area (Å²) < 4.78 is 5.02. The van der Waals surface area contributed by atoms with Crippen LogP contribution in [0.25, 0.3) is 0 Å². The number of hydrogen-bond acceptors (Lipinski definition) is 4. The van der Waals surface area contributed by atoms with Gasteiger partial charge in [0.1, 0.15) is 5.76 Å². The Kier molecular flexibility index (Phi) is 3.70. The van der Waals surface area contributed by atoms with Gasteiger partial charge in [0.15, 0.2) is 5.69 Å².